The molecule has 2 aromatic heterocycles. The largest absolute Gasteiger partial charge is 0.481 e. The molecule has 0 radical (unpaired) electrons. The Hall–Kier alpha value is -4.12. The highest BCUT2D eigenvalue weighted by Gasteiger charge is 2.19. The van der Waals surface area contributed by atoms with Crippen LogP contribution in [0.5, 0.6) is 5.75 Å². The number of ether oxygens (including phenoxy) is 1. The Balaban J connectivity index is 1.39. The molecule has 11 nitrogen and oxygen atoms in total. The summed E-state index contributed by atoms with van der Waals surface area (Å²) in [6.07, 6.45) is 4.93. The lowest BCUT2D eigenvalue weighted by molar-refractivity contribution is -0.123. The second-order valence-electron chi connectivity index (χ2n) is 8.85. The molecule has 1 aliphatic rings. The predicted molar refractivity (Wildman–Crippen MR) is 136 cm³/mol. The molecular weight excluding hydrogens is 460 g/mol. The van der Waals surface area contributed by atoms with Crippen LogP contribution < -0.4 is 15.6 Å². The van der Waals surface area contributed by atoms with Gasteiger partial charge in [0.05, 0.1) is 30.6 Å². The molecule has 36 heavy (non-hydrogen) atoms. The van der Waals surface area contributed by atoms with Crippen molar-refractivity contribution >= 4 is 12.1 Å². The van der Waals surface area contributed by atoms with Gasteiger partial charge in [0.2, 0.25) is 0 Å². The molecule has 0 fully saturated rings. The Labute approximate surface area is 209 Å². The van der Waals surface area contributed by atoms with Crippen LogP contribution >= 0.6 is 0 Å². The molecule has 0 saturated carbocycles. The minimum atomic E-state index is -0.200. The third-order valence-electron chi connectivity index (χ3n) is 5.57. The standard InChI is InChI=1S/C25H30N8O3/c1-31(2)10-9-26-23(34)17-36-21-13-27-25(28-14-21)19-6-4-5-18(11-19)15-33-24(35)8-7-22(30-33)20-12-29-32(3)16-20/h4-8,11-14,20H,9-10,15-17H2,1-3H3,(H,26,34). The summed E-state index contributed by atoms with van der Waals surface area (Å²) in [5.74, 6) is 0.783. The van der Waals surface area contributed by atoms with Crippen LogP contribution in [0.15, 0.2) is 58.7 Å². The summed E-state index contributed by atoms with van der Waals surface area (Å²) in [4.78, 5) is 35.0. The van der Waals surface area contributed by atoms with Crippen LogP contribution in [0.1, 0.15) is 17.2 Å². The van der Waals surface area contributed by atoms with Gasteiger partial charge in [-0.05, 0) is 31.8 Å². The van der Waals surface area contributed by atoms with E-state index in [2.05, 4.69) is 25.5 Å². The van der Waals surface area contributed by atoms with Gasteiger partial charge in [0.25, 0.3) is 11.5 Å². The Morgan fingerprint density at radius 2 is 2.00 bits per heavy atom. The average molecular weight is 491 g/mol. The van der Waals surface area contributed by atoms with Crippen molar-refractivity contribution in [3.05, 3.63) is 70.4 Å². The molecule has 1 atom stereocenters. The van der Waals surface area contributed by atoms with Crippen LogP contribution in [0.2, 0.25) is 0 Å². The van der Waals surface area contributed by atoms with Gasteiger partial charge in [0.15, 0.2) is 18.2 Å². The number of carbonyl (C=O) groups excluding carboxylic acids is 1. The quantitative estimate of drug-likeness (QED) is 0.444. The van der Waals surface area contributed by atoms with Crippen molar-refractivity contribution in [2.24, 2.45) is 5.10 Å². The van der Waals surface area contributed by atoms with E-state index < -0.39 is 0 Å². The molecule has 3 aromatic rings. The van der Waals surface area contributed by atoms with Crippen LogP contribution in [0.3, 0.4) is 0 Å². The van der Waals surface area contributed by atoms with Gasteiger partial charge in [-0.3, -0.25) is 14.6 Å². The highest BCUT2D eigenvalue weighted by Crippen LogP contribution is 2.19. The Bertz CT molecular complexity index is 1270. The van der Waals surface area contributed by atoms with Crippen molar-refractivity contribution in [2.45, 2.75) is 12.5 Å². The highest BCUT2D eigenvalue weighted by molar-refractivity contribution is 5.77. The van der Waals surface area contributed by atoms with Crippen LogP contribution in [0, 0.1) is 0 Å². The van der Waals surface area contributed by atoms with Gasteiger partial charge in [0, 0.05) is 44.5 Å². The van der Waals surface area contributed by atoms with E-state index in [1.54, 1.807) is 12.1 Å². The summed E-state index contributed by atoms with van der Waals surface area (Å²) < 4.78 is 6.94. The number of hydrogen-bond acceptors (Lipinski definition) is 9. The van der Waals surface area contributed by atoms with Crippen molar-refractivity contribution in [3.8, 4) is 17.1 Å². The number of rotatable bonds is 10. The number of carbonyl (C=O) groups is 1. The normalized spacial score (nSPS) is 14.9. The molecule has 3 heterocycles. The first-order chi connectivity index (χ1) is 17.4. The summed E-state index contributed by atoms with van der Waals surface area (Å²) in [5.41, 5.74) is 2.34. The molecule has 0 spiro atoms. The molecule has 0 bridgehead atoms. The maximum Gasteiger partial charge on any atom is 0.267 e. The molecule has 188 valence electrons. The van der Waals surface area contributed by atoms with Crippen LogP contribution in [-0.2, 0) is 11.3 Å². The van der Waals surface area contributed by atoms with Gasteiger partial charge in [-0.25, -0.2) is 14.6 Å². The Morgan fingerprint density at radius 1 is 1.19 bits per heavy atom. The van der Waals surface area contributed by atoms with Crippen LogP contribution in [0.25, 0.3) is 11.4 Å². The van der Waals surface area contributed by atoms with E-state index in [1.165, 1.54) is 17.1 Å². The van der Waals surface area contributed by atoms with Crippen molar-refractivity contribution in [3.63, 3.8) is 0 Å². The number of likely N-dealkylation sites (N-methyl/N-ethyl adjacent to an activating group) is 2. The van der Waals surface area contributed by atoms with E-state index in [9.17, 15) is 9.59 Å². The zero-order chi connectivity index (χ0) is 25.5. The van der Waals surface area contributed by atoms with E-state index in [4.69, 9.17) is 4.74 Å². The number of aromatic nitrogens is 4. The van der Waals surface area contributed by atoms with E-state index in [1.807, 2.05) is 61.5 Å². The number of hydrazone groups is 1. The van der Waals surface area contributed by atoms with Gasteiger partial charge in [0.1, 0.15) is 0 Å². The van der Waals surface area contributed by atoms with Gasteiger partial charge < -0.3 is 15.0 Å². The van der Waals surface area contributed by atoms with Gasteiger partial charge in [-0.2, -0.15) is 10.2 Å². The maximum absolute atomic E-state index is 12.4. The fourth-order valence-electron chi connectivity index (χ4n) is 3.66. The minimum Gasteiger partial charge on any atom is -0.481 e. The van der Waals surface area contributed by atoms with Gasteiger partial charge in [-0.15, -0.1) is 0 Å². The third kappa shape index (κ3) is 6.72. The van der Waals surface area contributed by atoms with Gasteiger partial charge >= 0.3 is 0 Å². The minimum absolute atomic E-state index is 0.0615. The Morgan fingerprint density at radius 3 is 2.72 bits per heavy atom. The summed E-state index contributed by atoms with van der Waals surface area (Å²) in [5, 5.41) is 13.5. The third-order valence-corrected chi connectivity index (χ3v) is 5.57. The predicted octanol–water partition coefficient (Wildman–Crippen LogP) is 0.820. The first kappa shape index (κ1) is 25.0. The molecule has 0 saturated heterocycles. The second kappa shape index (κ2) is 11.5. The average Bonchev–Trinajstić information content (AvgIpc) is 3.30. The number of hydrogen-bond donors (Lipinski definition) is 1. The maximum atomic E-state index is 12.4. The number of amides is 1. The lowest BCUT2D eigenvalue weighted by atomic mass is 10.1. The van der Waals surface area contributed by atoms with Crippen molar-refractivity contribution < 1.29 is 9.53 Å². The summed E-state index contributed by atoms with van der Waals surface area (Å²) in [6, 6.07) is 11.0. The van der Waals surface area contributed by atoms with Crippen LogP contribution in [0.4, 0.5) is 0 Å². The zero-order valence-corrected chi connectivity index (χ0v) is 20.7. The van der Waals surface area contributed by atoms with Gasteiger partial charge in [-0.1, -0.05) is 18.2 Å². The summed E-state index contributed by atoms with van der Waals surface area (Å²) in [6.45, 7) is 2.27. The fraction of sp³-hybridized carbons (Fsp3) is 0.360. The lowest BCUT2D eigenvalue weighted by Gasteiger charge is -2.12. The molecule has 1 N–H and O–H groups in total. The van der Waals surface area contributed by atoms with E-state index >= 15 is 0 Å². The number of benzene rings is 1. The molecule has 11 heteroatoms. The fourth-order valence-corrected chi connectivity index (χ4v) is 3.66. The van der Waals surface area contributed by atoms with Crippen molar-refractivity contribution in [1.82, 2.24) is 35.0 Å². The molecular formula is C25H30N8O3. The smallest absolute Gasteiger partial charge is 0.267 e. The van der Waals surface area contributed by atoms with E-state index in [0.29, 0.717) is 24.7 Å². The van der Waals surface area contributed by atoms with E-state index in [0.717, 1.165) is 29.9 Å². The monoisotopic (exact) mass is 490 g/mol. The Kier molecular flexibility index (Phi) is 8.01. The highest BCUT2D eigenvalue weighted by atomic mass is 16.5. The van der Waals surface area contributed by atoms with Crippen molar-refractivity contribution in [2.75, 3.05) is 47.4 Å². The zero-order valence-electron chi connectivity index (χ0n) is 20.7. The summed E-state index contributed by atoms with van der Waals surface area (Å²) in [7, 11) is 5.79. The first-order valence-corrected chi connectivity index (χ1v) is 11.7. The SMILES string of the molecule is CN(C)CCNC(=O)COc1cnc(-c2cccc(Cn3nc(C4C=NN(C)C4)ccc3=O)c2)nc1. The second-order valence-corrected chi connectivity index (χ2v) is 8.85. The lowest BCUT2D eigenvalue weighted by Crippen LogP contribution is -2.34. The van der Waals surface area contributed by atoms with Crippen molar-refractivity contribution in [1.29, 1.82) is 0 Å². The van der Waals surface area contributed by atoms with Crippen LogP contribution in [-0.4, -0.2) is 89.2 Å². The molecule has 0 aliphatic carbocycles. The number of nitrogens with zero attached hydrogens (tertiary/aromatic N) is 7. The molecule has 1 amide bonds. The molecule has 1 aliphatic heterocycles. The first-order valence-electron chi connectivity index (χ1n) is 11.7. The van der Waals surface area contributed by atoms with E-state index in [-0.39, 0.29) is 24.0 Å². The number of nitrogens with one attached hydrogen (secondary N) is 1. The topological polar surface area (TPSA) is 118 Å². The summed E-state index contributed by atoms with van der Waals surface area (Å²) >= 11 is 0. The molecule has 1 aromatic carbocycles. The molecule has 4 rings (SSSR count). The molecule has 1 unspecified atom stereocenters.